The van der Waals surface area contributed by atoms with Crippen LogP contribution in [0, 0.1) is 20.2 Å². The normalized spacial score (nSPS) is 15.0. The Morgan fingerprint density at radius 3 is 1.19 bits per heavy atom. The van der Waals surface area contributed by atoms with Gasteiger partial charge in [0.2, 0.25) is 11.8 Å². The third-order valence-corrected chi connectivity index (χ3v) is 11.1. The maximum Gasteiger partial charge on any atom is 0.336 e. The SMILES string of the molecule is CC1=C(C(=O)O)C(c2cccc([N+](=O)[O-])c2)C(C(=O)OCCCC(=O)Nc2ccc(O)cc2)=C(C)N1.CC1=C(C(=O)O)C(c2cccc([N+](=O)[O-])c2)C(C(=O)OCCCC(=O)Nc2ccc(O)cc2)=C(C)N1.O. The maximum atomic E-state index is 13.1. The van der Waals surface area contributed by atoms with Gasteiger partial charge in [0, 0.05) is 71.3 Å². The molecule has 2 atom stereocenters. The second kappa shape index (κ2) is 25.5. The fourth-order valence-corrected chi connectivity index (χ4v) is 7.89. The molecule has 0 fully saturated rings. The number of dihydropyridines is 2. The molecular formula is C50H52N6O17. The van der Waals surface area contributed by atoms with E-state index in [1.165, 1.54) is 72.8 Å². The van der Waals surface area contributed by atoms with Crippen molar-refractivity contribution in [3.63, 3.8) is 0 Å². The van der Waals surface area contributed by atoms with Crippen LogP contribution in [-0.4, -0.2) is 84.7 Å². The third kappa shape index (κ3) is 14.8. The summed E-state index contributed by atoms with van der Waals surface area (Å²) in [6.07, 6.45) is 0.519. The molecule has 0 spiro atoms. The minimum absolute atomic E-state index is 0. The predicted molar refractivity (Wildman–Crippen MR) is 261 cm³/mol. The number of nitrogens with zero attached hydrogens (tertiary/aromatic N) is 2. The summed E-state index contributed by atoms with van der Waals surface area (Å²) in [4.78, 5) is 95.9. The molecule has 384 valence electrons. The van der Waals surface area contributed by atoms with E-state index < -0.39 is 45.6 Å². The number of rotatable bonds is 18. The van der Waals surface area contributed by atoms with Crippen molar-refractivity contribution in [1.82, 2.24) is 10.6 Å². The first kappa shape index (κ1) is 56.2. The summed E-state index contributed by atoms with van der Waals surface area (Å²) < 4.78 is 10.7. The zero-order valence-electron chi connectivity index (χ0n) is 39.7. The summed E-state index contributed by atoms with van der Waals surface area (Å²) in [6.45, 7) is 6.07. The van der Waals surface area contributed by atoms with Crippen molar-refractivity contribution in [2.75, 3.05) is 23.8 Å². The highest BCUT2D eigenvalue weighted by Crippen LogP contribution is 2.41. The van der Waals surface area contributed by atoms with Gasteiger partial charge in [-0.15, -0.1) is 0 Å². The molecule has 23 heteroatoms. The van der Waals surface area contributed by atoms with Crippen LogP contribution in [0.3, 0.4) is 0 Å². The number of carboxylic acids is 2. The lowest BCUT2D eigenvalue weighted by Gasteiger charge is -2.29. The summed E-state index contributed by atoms with van der Waals surface area (Å²) in [7, 11) is 0. The fourth-order valence-electron chi connectivity index (χ4n) is 7.89. The molecule has 2 unspecified atom stereocenters. The van der Waals surface area contributed by atoms with Crippen molar-refractivity contribution < 1.29 is 74.0 Å². The Kier molecular flexibility index (Phi) is 19.6. The van der Waals surface area contributed by atoms with E-state index in [-0.39, 0.29) is 112 Å². The average Bonchev–Trinajstić information content (AvgIpc) is 3.32. The Morgan fingerprint density at radius 1 is 0.548 bits per heavy atom. The third-order valence-electron chi connectivity index (χ3n) is 11.1. The van der Waals surface area contributed by atoms with Gasteiger partial charge in [-0.1, -0.05) is 24.3 Å². The highest BCUT2D eigenvalue weighted by atomic mass is 16.6. The number of anilines is 2. The number of benzene rings is 4. The van der Waals surface area contributed by atoms with E-state index in [1.54, 1.807) is 52.0 Å². The zero-order valence-corrected chi connectivity index (χ0v) is 39.7. The molecule has 2 heterocycles. The summed E-state index contributed by atoms with van der Waals surface area (Å²) in [5, 5.41) is 71.9. The van der Waals surface area contributed by atoms with Crippen molar-refractivity contribution in [3.05, 3.63) is 173 Å². The molecule has 4 aromatic carbocycles. The van der Waals surface area contributed by atoms with Crippen molar-refractivity contribution in [2.45, 2.75) is 65.2 Å². The van der Waals surface area contributed by atoms with Gasteiger partial charge in [0.1, 0.15) is 11.5 Å². The molecule has 10 N–H and O–H groups in total. The number of nitrogens with one attached hydrogen (secondary N) is 4. The largest absolute Gasteiger partial charge is 0.508 e. The molecule has 6 rings (SSSR count). The molecule has 0 saturated heterocycles. The lowest BCUT2D eigenvalue weighted by atomic mass is 9.80. The number of aromatic hydroxyl groups is 2. The Balaban J connectivity index is 0.000000312. The number of carboxylic acid groups (broad SMARTS) is 2. The van der Waals surface area contributed by atoms with Gasteiger partial charge in [0.15, 0.2) is 0 Å². The van der Waals surface area contributed by atoms with Crippen LogP contribution >= 0.6 is 0 Å². The van der Waals surface area contributed by atoms with Crippen LogP contribution in [0.2, 0.25) is 0 Å². The summed E-state index contributed by atoms with van der Waals surface area (Å²) in [5.41, 5.74) is 2.20. The number of aliphatic carboxylic acids is 2. The molecule has 0 aromatic heterocycles. The van der Waals surface area contributed by atoms with Gasteiger partial charge in [0.25, 0.3) is 11.4 Å². The number of carbonyl (C=O) groups is 6. The van der Waals surface area contributed by atoms with Crippen LogP contribution in [0.5, 0.6) is 11.5 Å². The van der Waals surface area contributed by atoms with Crippen LogP contribution in [0.4, 0.5) is 22.7 Å². The summed E-state index contributed by atoms with van der Waals surface area (Å²) in [6, 6.07) is 22.8. The summed E-state index contributed by atoms with van der Waals surface area (Å²) >= 11 is 0. The maximum absolute atomic E-state index is 13.1. The number of carbonyl (C=O) groups excluding carboxylic acids is 4. The minimum Gasteiger partial charge on any atom is -0.508 e. The number of non-ortho nitro benzene ring substituents is 2. The number of allylic oxidation sites excluding steroid dienone is 4. The molecule has 4 aromatic rings. The van der Waals surface area contributed by atoms with Gasteiger partial charge < -0.3 is 56.6 Å². The van der Waals surface area contributed by atoms with E-state index in [2.05, 4.69) is 21.3 Å². The minimum atomic E-state index is -1.28. The highest BCUT2D eigenvalue weighted by molar-refractivity contribution is 6.00. The van der Waals surface area contributed by atoms with E-state index >= 15 is 0 Å². The number of hydrogen-bond donors (Lipinski definition) is 8. The van der Waals surface area contributed by atoms with Crippen LogP contribution in [-0.2, 0) is 38.2 Å². The molecule has 73 heavy (non-hydrogen) atoms. The molecule has 2 aliphatic rings. The first-order valence-electron chi connectivity index (χ1n) is 22.0. The molecule has 0 radical (unpaired) electrons. The number of esters is 2. The van der Waals surface area contributed by atoms with Crippen molar-refractivity contribution in [3.8, 4) is 11.5 Å². The molecule has 2 amide bonds. The van der Waals surface area contributed by atoms with Crippen LogP contribution < -0.4 is 21.3 Å². The number of ether oxygens (including phenoxy) is 2. The molecule has 0 aliphatic carbocycles. The molecule has 0 saturated carbocycles. The molecule has 0 bridgehead atoms. The van der Waals surface area contributed by atoms with Crippen LogP contribution in [0.1, 0.15) is 76.3 Å². The number of phenolic OH excluding ortho intramolecular Hbond substituents is 2. The van der Waals surface area contributed by atoms with Gasteiger partial charge in [-0.25, -0.2) is 19.2 Å². The van der Waals surface area contributed by atoms with Crippen molar-refractivity contribution >= 4 is 58.4 Å². The Labute approximate surface area is 416 Å². The number of nitro groups is 2. The molecule has 2 aliphatic heterocycles. The smallest absolute Gasteiger partial charge is 0.336 e. The van der Waals surface area contributed by atoms with Crippen molar-refractivity contribution in [1.29, 1.82) is 0 Å². The van der Waals surface area contributed by atoms with Gasteiger partial charge >= 0.3 is 23.9 Å². The van der Waals surface area contributed by atoms with Crippen LogP contribution in [0.15, 0.2) is 142 Å². The van der Waals surface area contributed by atoms with Gasteiger partial charge in [-0.2, -0.15) is 0 Å². The Hall–Kier alpha value is -9.38. The lowest BCUT2D eigenvalue weighted by Crippen LogP contribution is -2.32. The second-order valence-electron chi connectivity index (χ2n) is 16.3. The van der Waals surface area contributed by atoms with Gasteiger partial charge in [0.05, 0.1) is 57.2 Å². The second-order valence-corrected chi connectivity index (χ2v) is 16.3. The van der Waals surface area contributed by atoms with Crippen LogP contribution in [0.25, 0.3) is 0 Å². The molecular weight excluding hydrogens is 957 g/mol. The number of hydrogen-bond acceptors (Lipinski definition) is 16. The number of amides is 2. The Bertz CT molecular complexity index is 2730. The van der Waals surface area contributed by atoms with E-state index in [0.717, 1.165) is 0 Å². The van der Waals surface area contributed by atoms with E-state index in [0.29, 0.717) is 34.2 Å². The zero-order chi connectivity index (χ0) is 52.8. The molecule has 23 nitrogen and oxygen atoms in total. The van der Waals surface area contributed by atoms with E-state index in [4.69, 9.17) is 9.47 Å². The first-order chi connectivity index (χ1) is 34.2. The number of nitro benzene ring substituents is 2. The fraction of sp³-hybridized carbons (Fsp3) is 0.240. The lowest BCUT2D eigenvalue weighted by molar-refractivity contribution is -0.385. The summed E-state index contributed by atoms with van der Waals surface area (Å²) in [5.74, 6) is -6.80. The monoisotopic (exact) mass is 1010 g/mol. The Morgan fingerprint density at radius 2 is 0.877 bits per heavy atom. The average molecular weight is 1010 g/mol. The van der Waals surface area contributed by atoms with Crippen molar-refractivity contribution in [2.24, 2.45) is 0 Å². The van der Waals surface area contributed by atoms with E-state index in [1.807, 2.05) is 0 Å². The van der Waals surface area contributed by atoms with E-state index in [9.17, 15) is 69.4 Å². The van der Waals surface area contributed by atoms with Gasteiger partial charge in [-0.05, 0) is 100 Å². The van der Waals surface area contributed by atoms with Gasteiger partial charge in [-0.3, -0.25) is 29.8 Å². The standard InChI is InChI=1S/2C25H25N3O8.H2O/c2*1-14-21(24(31)32)23(16-5-3-6-18(13-16)28(34)35)22(15(2)26-14)25(33)36-12-4-7-20(30)27-17-8-10-19(29)11-9-17;/h2*3,5-6,8-11,13,23,26,29H,4,7,12H2,1-2H3,(H,27,30)(H,31,32);1H2. The first-order valence-corrected chi connectivity index (χ1v) is 22.0. The predicted octanol–water partition coefficient (Wildman–Crippen LogP) is 6.34. The number of phenols is 2. The topological polar surface area (TPSA) is 368 Å². The quantitative estimate of drug-likeness (QED) is 0.0177. The highest BCUT2D eigenvalue weighted by Gasteiger charge is 2.39.